The maximum absolute atomic E-state index is 2.56. The molecule has 1 fully saturated rings. The summed E-state index contributed by atoms with van der Waals surface area (Å²) < 4.78 is 0. The van der Waals surface area contributed by atoms with Crippen LogP contribution in [0.3, 0.4) is 0 Å². The number of hydrogen-bond donors (Lipinski definition) is 0. The Morgan fingerprint density at radius 1 is 1.36 bits per heavy atom. The van der Waals surface area contributed by atoms with Crippen LogP contribution < -0.4 is 0 Å². The van der Waals surface area contributed by atoms with Gasteiger partial charge in [-0.05, 0) is 33.1 Å². The van der Waals surface area contributed by atoms with Gasteiger partial charge in [-0.3, -0.25) is 4.90 Å². The molecule has 1 atom stereocenters. The Labute approximate surface area is 70.2 Å². The monoisotopic (exact) mass is 156 g/mol. The van der Waals surface area contributed by atoms with E-state index in [0.29, 0.717) is 0 Å². The average Bonchev–Trinajstić information content (AvgIpc) is 2.39. The molecule has 66 valence electrons. The lowest BCUT2D eigenvalue weighted by Crippen LogP contribution is -2.36. The van der Waals surface area contributed by atoms with Crippen molar-refractivity contribution in [1.29, 1.82) is 0 Å². The van der Waals surface area contributed by atoms with Gasteiger partial charge in [-0.1, -0.05) is 13.8 Å². The van der Waals surface area contributed by atoms with E-state index < -0.39 is 0 Å². The fourth-order valence-electron chi connectivity index (χ4n) is 1.95. The molecular weight excluding hydrogens is 136 g/mol. The molecule has 1 aliphatic rings. The van der Waals surface area contributed by atoms with Crippen molar-refractivity contribution in [3.63, 3.8) is 0 Å². The Kier molecular flexibility index (Phi) is 3.34. The second-order valence-corrected chi connectivity index (χ2v) is 3.43. The summed E-state index contributed by atoms with van der Waals surface area (Å²) in [4.78, 5) is 4.98. The molecule has 0 spiro atoms. The van der Waals surface area contributed by atoms with Crippen molar-refractivity contribution in [2.45, 2.75) is 26.3 Å². The summed E-state index contributed by atoms with van der Waals surface area (Å²) in [5.74, 6) is 0. The minimum Gasteiger partial charge on any atom is -0.305 e. The minimum atomic E-state index is 0.829. The maximum Gasteiger partial charge on any atom is 0.0234 e. The summed E-state index contributed by atoms with van der Waals surface area (Å²) in [6.45, 7) is 9.45. The maximum atomic E-state index is 2.56. The molecule has 0 aliphatic carbocycles. The third-order valence-electron chi connectivity index (χ3n) is 2.70. The first-order chi connectivity index (χ1) is 5.27. The van der Waals surface area contributed by atoms with Gasteiger partial charge in [-0.25, -0.2) is 0 Å². The van der Waals surface area contributed by atoms with E-state index >= 15 is 0 Å². The van der Waals surface area contributed by atoms with Gasteiger partial charge in [0, 0.05) is 12.6 Å². The van der Waals surface area contributed by atoms with Crippen LogP contribution in [-0.2, 0) is 0 Å². The van der Waals surface area contributed by atoms with Crippen LogP contribution in [0.4, 0.5) is 0 Å². The second-order valence-electron chi connectivity index (χ2n) is 3.43. The second kappa shape index (κ2) is 4.07. The van der Waals surface area contributed by atoms with E-state index in [-0.39, 0.29) is 0 Å². The predicted octanol–water partition coefficient (Wildman–Crippen LogP) is 1.03. The highest BCUT2D eigenvalue weighted by Gasteiger charge is 2.23. The van der Waals surface area contributed by atoms with Gasteiger partial charge in [0.05, 0.1) is 0 Å². The summed E-state index contributed by atoms with van der Waals surface area (Å²) in [5.41, 5.74) is 0. The van der Waals surface area contributed by atoms with Gasteiger partial charge in [-0.2, -0.15) is 0 Å². The van der Waals surface area contributed by atoms with Crippen LogP contribution in [0.25, 0.3) is 0 Å². The van der Waals surface area contributed by atoms with Crippen LogP contribution in [-0.4, -0.2) is 49.1 Å². The van der Waals surface area contributed by atoms with E-state index in [0.717, 1.165) is 6.04 Å². The number of likely N-dealkylation sites (N-methyl/N-ethyl adjacent to an activating group) is 2. The molecule has 1 aliphatic heterocycles. The van der Waals surface area contributed by atoms with E-state index in [9.17, 15) is 0 Å². The predicted molar refractivity (Wildman–Crippen MR) is 48.8 cm³/mol. The molecule has 0 unspecified atom stereocenters. The van der Waals surface area contributed by atoms with Gasteiger partial charge >= 0.3 is 0 Å². The molecule has 0 aromatic carbocycles. The summed E-state index contributed by atoms with van der Waals surface area (Å²) in [6, 6.07) is 0.829. The Morgan fingerprint density at radius 2 is 2.00 bits per heavy atom. The van der Waals surface area contributed by atoms with Crippen LogP contribution in [0.2, 0.25) is 0 Å². The molecule has 11 heavy (non-hydrogen) atoms. The van der Waals surface area contributed by atoms with Crippen LogP contribution in [0.5, 0.6) is 0 Å². The van der Waals surface area contributed by atoms with Crippen molar-refractivity contribution in [2.24, 2.45) is 0 Å². The molecule has 1 heterocycles. The third-order valence-corrected chi connectivity index (χ3v) is 2.70. The molecule has 2 nitrogen and oxygen atoms in total. The molecule has 0 bridgehead atoms. The van der Waals surface area contributed by atoms with Crippen molar-refractivity contribution in [2.75, 3.05) is 33.2 Å². The Bertz CT molecular complexity index is 110. The molecule has 0 saturated carbocycles. The van der Waals surface area contributed by atoms with Crippen LogP contribution in [0, 0.1) is 0 Å². The third kappa shape index (κ3) is 2.17. The molecule has 0 radical (unpaired) electrons. The summed E-state index contributed by atoms with van der Waals surface area (Å²) in [6.07, 6.45) is 1.36. The largest absolute Gasteiger partial charge is 0.305 e. The van der Waals surface area contributed by atoms with E-state index in [1.807, 2.05) is 0 Å². The van der Waals surface area contributed by atoms with Gasteiger partial charge in [0.1, 0.15) is 0 Å². The highest BCUT2D eigenvalue weighted by molar-refractivity contribution is 4.80. The van der Waals surface area contributed by atoms with Gasteiger partial charge in [0.25, 0.3) is 0 Å². The Morgan fingerprint density at radius 3 is 2.36 bits per heavy atom. The lowest BCUT2D eigenvalue weighted by molar-refractivity contribution is 0.218. The van der Waals surface area contributed by atoms with Crippen molar-refractivity contribution >= 4 is 0 Å². The van der Waals surface area contributed by atoms with E-state index in [1.165, 1.54) is 32.6 Å². The topological polar surface area (TPSA) is 6.48 Å². The van der Waals surface area contributed by atoms with E-state index in [2.05, 4.69) is 30.7 Å². The SMILES string of the molecule is CCN(CC)[C@H]1CCN(C)C1. The van der Waals surface area contributed by atoms with Crippen LogP contribution in [0.1, 0.15) is 20.3 Å². The van der Waals surface area contributed by atoms with Crippen molar-refractivity contribution in [3.8, 4) is 0 Å². The lowest BCUT2D eigenvalue weighted by atomic mass is 10.2. The number of hydrogen-bond acceptors (Lipinski definition) is 2. The first-order valence-electron chi connectivity index (χ1n) is 4.70. The van der Waals surface area contributed by atoms with Crippen LogP contribution >= 0.6 is 0 Å². The van der Waals surface area contributed by atoms with E-state index in [1.54, 1.807) is 0 Å². The molecule has 0 N–H and O–H groups in total. The molecule has 0 amide bonds. The first kappa shape index (κ1) is 9.01. The molecular formula is C9H20N2. The first-order valence-corrected chi connectivity index (χ1v) is 4.70. The quantitative estimate of drug-likeness (QED) is 0.602. The smallest absolute Gasteiger partial charge is 0.0234 e. The van der Waals surface area contributed by atoms with Gasteiger partial charge in [-0.15, -0.1) is 0 Å². The zero-order valence-electron chi connectivity index (χ0n) is 8.01. The normalized spacial score (nSPS) is 26.7. The zero-order chi connectivity index (χ0) is 8.27. The highest BCUT2D eigenvalue weighted by atomic mass is 15.2. The fourth-order valence-corrected chi connectivity index (χ4v) is 1.95. The molecule has 0 aromatic rings. The lowest BCUT2D eigenvalue weighted by Gasteiger charge is -2.25. The van der Waals surface area contributed by atoms with E-state index in [4.69, 9.17) is 0 Å². The summed E-state index contributed by atoms with van der Waals surface area (Å²) in [5, 5.41) is 0. The highest BCUT2D eigenvalue weighted by Crippen LogP contribution is 2.12. The van der Waals surface area contributed by atoms with Crippen molar-refractivity contribution in [1.82, 2.24) is 9.80 Å². The Hall–Kier alpha value is -0.0800. The number of nitrogens with zero attached hydrogens (tertiary/aromatic N) is 2. The molecule has 0 aromatic heterocycles. The van der Waals surface area contributed by atoms with Gasteiger partial charge in [0.2, 0.25) is 0 Å². The van der Waals surface area contributed by atoms with Gasteiger partial charge in [0.15, 0.2) is 0 Å². The Balaban J connectivity index is 2.34. The van der Waals surface area contributed by atoms with Gasteiger partial charge < -0.3 is 4.90 Å². The zero-order valence-corrected chi connectivity index (χ0v) is 8.01. The van der Waals surface area contributed by atoms with Crippen LogP contribution in [0.15, 0.2) is 0 Å². The summed E-state index contributed by atoms with van der Waals surface area (Å²) in [7, 11) is 2.21. The standard InChI is InChI=1S/C9H20N2/c1-4-11(5-2)9-6-7-10(3)8-9/h9H,4-8H2,1-3H3/t9-/m0/s1. The summed E-state index contributed by atoms with van der Waals surface area (Å²) >= 11 is 0. The molecule has 1 rings (SSSR count). The minimum absolute atomic E-state index is 0.829. The molecule has 2 heteroatoms. The fraction of sp³-hybridized carbons (Fsp3) is 1.00. The number of rotatable bonds is 3. The van der Waals surface area contributed by atoms with Crippen molar-refractivity contribution < 1.29 is 0 Å². The average molecular weight is 156 g/mol. The number of likely N-dealkylation sites (tertiary alicyclic amines) is 1. The van der Waals surface area contributed by atoms with Crippen molar-refractivity contribution in [3.05, 3.63) is 0 Å². The molecule has 1 saturated heterocycles.